The summed E-state index contributed by atoms with van der Waals surface area (Å²) in [7, 11) is 0. The van der Waals surface area contributed by atoms with E-state index in [-0.39, 0.29) is 0 Å². The Kier molecular flexibility index (Phi) is 1.79. The third kappa shape index (κ3) is 1.23. The average Bonchev–Trinajstić information content (AvgIpc) is 2.50. The van der Waals surface area contributed by atoms with Crippen LogP contribution in [0.3, 0.4) is 0 Å². The van der Waals surface area contributed by atoms with Crippen LogP contribution in [0.5, 0.6) is 0 Å². The fourth-order valence-electron chi connectivity index (χ4n) is 0.926. The first-order valence-electron chi connectivity index (χ1n) is 3.22. The van der Waals surface area contributed by atoms with Crippen molar-refractivity contribution in [2.75, 3.05) is 0 Å². The van der Waals surface area contributed by atoms with Gasteiger partial charge in [-0.3, -0.25) is 0 Å². The summed E-state index contributed by atoms with van der Waals surface area (Å²) in [5, 5.41) is 0. The lowest BCUT2D eigenvalue weighted by atomic mass is 10.2. The minimum atomic E-state index is 0.757. The Morgan fingerprint density at radius 3 is 2.91 bits per heavy atom. The molecule has 0 N–H and O–H groups in total. The van der Waals surface area contributed by atoms with Gasteiger partial charge in [-0.25, -0.2) is 0 Å². The Bertz CT molecular complexity index is 369. The van der Waals surface area contributed by atoms with Crippen molar-refractivity contribution in [3.8, 4) is 0 Å². The molecule has 2 aromatic rings. The average molecular weight is 182 g/mol. The zero-order valence-corrected chi connectivity index (χ0v) is 7.40. The van der Waals surface area contributed by atoms with Crippen molar-refractivity contribution >= 4 is 35.4 Å². The molecule has 2 nitrogen and oxygen atoms in total. The van der Waals surface area contributed by atoms with Crippen molar-refractivity contribution in [1.29, 1.82) is 0 Å². The van der Waals surface area contributed by atoms with Crippen LogP contribution in [0.1, 0.15) is 5.56 Å². The van der Waals surface area contributed by atoms with Crippen LogP contribution >= 0.6 is 24.4 Å². The van der Waals surface area contributed by atoms with Gasteiger partial charge in [0.15, 0.2) is 0 Å². The summed E-state index contributed by atoms with van der Waals surface area (Å²) < 4.78 is 8.22. The molecule has 1 aromatic heterocycles. The molecule has 0 fully saturated rings. The highest BCUT2D eigenvalue weighted by Crippen LogP contribution is 2.14. The van der Waals surface area contributed by atoms with Gasteiger partial charge in [-0.1, -0.05) is 6.07 Å². The summed E-state index contributed by atoms with van der Waals surface area (Å²) in [6, 6.07) is 6.02. The molecule has 11 heavy (non-hydrogen) atoms. The molecule has 0 saturated carbocycles. The number of hydrogen-bond acceptors (Lipinski definition) is 4. The van der Waals surface area contributed by atoms with Gasteiger partial charge in [0.1, 0.15) is 11.0 Å². The summed E-state index contributed by atoms with van der Waals surface area (Å²) in [6.07, 6.45) is 0. The Morgan fingerprint density at radius 1 is 1.27 bits per heavy atom. The molecule has 56 valence electrons. The maximum absolute atomic E-state index is 4.17. The first-order valence-corrected chi connectivity index (χ1v) is 4.58. The van der Waals surface area contributed by atoms with E-state index in [4.69, 9.17) is 0 Å². The number of benzene rings is 1. The van der Waals surface area contributed by atoms with Gasteiger partial charge >= 0.3 is 0 Å². The number of rotatable bonds is 1. The standard InChI is InChI=1S/C7H6N2S2/c10-4-5-1-2-6-7(3-5)9-11-8-6/h1-3,10H,4H2. The van der Waals surface area contributed by atoms with E-state index in [0.29, 0.717) is 0 Å². The second-order valence-corrected chi connectivity index (χ2v) is 3.09. The number of thiol groups is 1. The lowest BCUT2D eigenvalue weighted by Crippen LogP contribution is -1.76. The minimum absolute atomic E-state index is 0.757. The van der Waals surface area contributed by atoms with Crippen LogP contribution in [0.2, 0.25) is 0 Å². The van der Waals surface area contributed by atoms with Crippen LogP contribution < -0.4 is 0 Å². The molecular weight excluding hydrogens is 176 g/mol. The van der Waals surface area contributed by atoms with Gasteiger partial charge in [0.25, 0.3) is 0 Å². The van der Waals surface area contributed by atoms with E-state index >= 15 is 0 Å². The maximum Gasteiger partial charge on any atom is 0.105 e. The number of nitrogens with zero attached hydrogens (tertiary/aromatic N) is 2. The predicted molar refractivity (Wildman–Crippen MR) is 50.1 cm³/mol. The molecule has 0 unspecified atom stereocenters. The van der Waals surface area contributed by atoms with E-state index in [0.717, 1.165) is 16.8 Å². The Morgan fingerprint density at radius 2 is 2.09 bits per heavy atom. The summed E-state index contributed by atoms with van der Waals surface area (Å²) >= 11 is 5.42. The van der Waals surface area contributed by atoms with Gasteiger partial charge in [0.2, 0.25) is 0 Å². The molecule has 0 spiro atoms. The molecule has 0 amide bonds. The van der Waals surface area contributed by atoms with Crippen LogP contribution in [-0.4, -0.2) is 8.75 Å². The van der Waals surface area contributed by atoms with Crippen molar-refractivity contribution in [3.05, 3.63) is 23.8 Å². The zero-order valence-electron chi connectivity index (χ0n) is 5.69. The maximum atomic E-state index is 4.17. The molecule has 1 heterocycles. The Balaban J connectivity index is 2.67. The van der Waals surface area contributed by atoms with Crippen LogP contribution in [0.25, 0.3) is 11.0 Å². The molecule has 4 heteroatoms. The second-order valence-electron chi connectivity index (χ2n) is 2.25. The van der Waals surface area contributed by atoms with Gasteiger partial charge in [0.05, 0.1) is 11.7 Å². The first-order chi connectivity index (χ1) is 5.40. The van der Waals surface area contributed by atoms with Crippen LogP contribution in [-0.2, 0) is 5.75 Å². The molecule has 2 rings (SSSR count). The summed E-state index contributed by atoms with van der Waals surface area (Å²) in [5.74, 6) is 0.757. The third-order valence-electron chi connectivity index (χ3n) is 1.50. The van der Waals surface area contributed by atoms with Gasteiger partial charge in [-0.05, 0) is 17.7 Å². The molecule has 0 saturated heterocycles. The SMILES string of the molecule is SCc1ccc2nsnc2c1. The van der Waals surface area contributed by atoms with Gasteiger partial charge in [0, 0.05) is 5.75 Å². The van der Waals surface area contributed by atoms with Gasteiger partial charge in [-0.15, -0.1) is 0 Å². The fourth-order valence-corrected chi connectivity index (χ4v) is 1.64. The molecule has 0 bridgehead atoms. The monoisotopic (exact) mass is 182 g/mol. The van der Waals surface area contributed by atoms with Crippen molar-refractivity contribution in [2.24, 2.45) is 0 Å². The van der Waals surface area contributed by atoms with Crippen molar-refractivity contribution in [1.82, 2.24) is 8.75 Å². The minimum Gasteiger partial charge on any atom is -0.175 e. The number of hydrogen-bond donors (Lipinski definition) is 1. The van der Waals surface area contributed by atoms with E-state index in [9.17, 15) is 0 Å². The normalized spacial score (nSPS) is 10.6. The molecule has 1 aromatic carbocycles. The van der Waals surface area contributed by atoms with Crippen LogP contribution in [0, 0.1) is 0 Å². The lowest BCUT2D eigenvalue weighted by molar-refractivity contribution is 1.44. The molecule has 0 aliphatic rings. The Labute approximate surface area is 74.0 Å². The quantitative estimate of drug-likeness (QED) is 0.684. The molecule has 0 aliphatic heterocycles. The van der Waals surface area contributed by atoms with Crippen molar-refractivity contribution in [2.45, 2.75) is 5.75 Å². The molecular formula is C7H6N2S2. The van der Waals surface area contributed by atoms with Crippen molar-refractivity contribution < 1.29 is 0 Å². The lowest BCUT2D eigenvalue weighted by Gasteiger charge is -1.92. The highest BCUT2D eigenvalue weighted by molar-refractivity contribution is 7.79. The first kappa shape index (κ1) is 7.06. The van der Waals surface area contributed by atoms with E-state index < -0.39 is 0 Å². The highest BCUT2D eigenvalue weighted by Gasteiger charge is 1.97. The summed E-state index contributed by atoms with van der Waals surface area (Å²) in [5.41, 5.74) is 3.13. The fraction of sp³-hybridized carbons (Fsp3) is 0.143. The number of aromatic nitrogens is 2. The van der Waals surface area contributed by atoms with Crippen LogP contribution in [0.15, 0.2) is 18.2 Å². The molecule has 0 atom stereocenters. The smallest absolute Gasteiger partial charge is 0.105 e. The summed E-state index contributed by atoms with van der Waals surface area (Å²) in [6.45, 7) is 0. The van der Waals surface area contributed by atoms with E-state index in [1.54, 1.807) is 0 Å². The second kappa shape index (κ2) is 2.79. The Hall–Kier alpha value is -0.610. The number of fused-ring (bicyclic) bond motifs is 1. The largest absolute Gasteiger partial charge is 0.175 e. The van der Waals surface area contributed by atoms with Crippen molar-refractivity contribution in [3.63, 3.8) is 0 Å². The topological polar surface area (TPSA) is 25.8 Å². The predicted octanol–water partition coefficient (Wildman–Crippen LogP) is 2.12. The zero-order chi connectivity index (χ0) is 7.68. The molecule has 0 radical (unpaired) electrons. The van der Waals surface area contributed by atoms with Crippen LogP contribution in [0.4, 0.5) is 0 Å². The van der Waals surface area contributed by atoms with E-state index in [2.05, 4.69) is 21.4 Å². The highest BCUT2D eigenvalue weighted by atomic mass is 32.1. The third-order valence-corrected chi connectivity index (χ3v) is 2.42. The van der Waals surface area contributed by atoms with Gasteiger partial charge in [-0.2, -0.15) is 21.4 Å². The summed E-state index contributed by atoms with van der Waals surface area (Å²) in [4.78, 5) is 0. The van der Waals surface area contributed by atoms with Gasteiger partial charge < -0.3 is 0 Å². The van der Waals surface area contributed by atoms with E-state index in [1.165, 1.54) is 17.3 Å². The van der Waals surface area contributed by atoms with E-state index in [1.807, 2.05) is 18.2 Å². The molecule has 0 aliphatic carbocycles.